The number of rotatable bonds is 1. The van der Waals surface area contributed by atoms with Gasteiger partial charge in [-0.25, -0.2) is 4.98 Å². The van der Waals surface area contributed by atoms with E-state index in [1.54, 1.807) is 0 Å². The minimum atomic E-state index is 0.249. The summed E-state index contributed by atoms with van der Waals surface area (Å²) in [6, 6.07) is 5.61. The Balaban J connectivity index is 2.09. The maximum atomic E-state index is 5.85. The average molecular weight is 230 g/mol. The molecule has 0 saturated heterocycles. The van der Waals surface area contributed by atoms with Crippen LogP contribution < -0.4 is 5.73 Å². The Bertz CT molecular complexity index is 581. The molecule has 1 aromatic carbocycles. The standard InChI is InChI=1S/C14H18N2O/c1-13(2)11(14(13,3)4)12-16-9-7-8(15)5-6-10(9)17-12/h5-7,11H,15H2,1-4H3. The minimum absolute atomic E-state index is 0.249. The smallest absolute Gasteiger partial charge is 0.199 e. The van der Waals surface area contributed by atoms with Gasteiger partial charge in [0, 0.05) is 11.6 Å². The van der Waals surface area contributed by atoms with Gasteiger partial charge in [0.1, 0.15) is 5.52 Å². The van der Waals surface area contributed by atoms with Crippen LogP contribution in [-0.2, 0) is 0 Å². The van der Waals surface area contributed by atoms with Crippen LogP contribution in [-0.4, -0.2) is 4.98 Å². The fourth-order valence-corrected chi connectivity index (χ4v) is 2.90. The summed E-state index contributed by atoms with van der Waals surface area (Å²) in [6.07, 6.45) is 0. The van der Waals surface area contributed by atoms with E-state index in [4.69, 9.17) is 10.2 Å². The summed E-state index contributed by atoms with van der Waals surface area (Å²) in [5.74, 6) is 1.24. The molecule has 0 unspecified atom stereocenters. The lowest BCUT2D eigenvalue weighted by molar-refractivity contribution is 0.457. The summed E-state index contributed by atoms with van der Waals surface area (Å²) in [5, 5.41) is 0. The van der Waals surface area contributed by atoms with E-state index in [1.807, 2.05) is 18.2 Å². The fraction of sp³-hybridized carbons (Fsp3) is 0.500. The van der Waals surface area contributed by atoms with E-state index < -0.39 is 0 Å². The molecule has 1 saturated carbocycles. The highest BCUT2D eigenvalue weighted by Crippen LogP contribution is 2.73. The third-order valence-electron chi connectivity index (χ3n) is 4.70. The van der Waals surface area contributed by atoms with Gasteiger partial charge in [0.25, 0.3) is 0 Å². The minimum Gasteiger partial charge on any atom is -0.440 e. The van der Waals surface area contributed by atoms with E-state index in [9.17, 15) is 0 Å². The van der Waals surface area contributed by atoms with Crippen LogP contribution in [0.2, 0.25) is 0 Å². The Labute approximate surface area is 101 Å². The molecular weight excluding hydrogens is 212 g/mol. The molecule has 0 bridgehead atoms. The number of anilines is 1. The summed E-state index contributed by atoms with van der Waals surface area (Å²) >= 11 is 0. The molecule has 0 spiro atoms. The van der Waals surface area contributed by atoms with Crippen molar-refractivity contribution in [1.29, 1.82) is 0 Å². The van der Waals surface area contributed by atoms with E-state index in [0.717, 1.165) is 22.7 Å². The van der Waals surface area contributed by atoms with E-state index in [-0.39, 0.29) is 10.8 Å². The van der Waals surface area contributed by atoms with Crippen LogP contribution in [0.5, 0.6) is 0 Å². The topological polar surface area (TPSA) is 52.0 Å². The average Bonchev–Trinajstić information content (AvgIpc) is 2.56. The number of hydrogen-bond donors (Lipinski definition) is 1. The molecule has 90 valence electrons. The van der Waals surface area contributed by atoms with E-state index >= 15 is 0 Å². The zero-order valence-corrected chi connectivity index (χ0v) is 10.7. The first-order valence-electron chi connectivity index (χ1n) is 6.00. The Morgan fingerprint density at radius 3 is 2.41 bits per heavy atom. The van der Waals surface area contributed by atoms with Crippen LogP contribution in [0, 0.1) is 10.8 Å². The number of benzene rings is 1. The van der Waals surface area contributed by atoms with Crippen LogP contribution in [0.4, 0.5) is 5.69 Å². The molecule has 3 nitrogen and oxygen atoms in total. The molecule has 17 heavy (non-hydrogen) atoms. The first-order valence-corrected chi connectivity index (χ1v) is 6.00. The van der Waals surface area contributed by atoms with Gasteiger partial charge >= 0.3 is 0 Å². The van der Waals surface area contributed by atoms with Gasteiger partial charge < -0.3 is 10.2 Å². The molecule has 2 N–H and O–H groups in total. The molecule has 1 aliphatic rings. The second kappa shape index (κ2) is 2.84. The number of nitrogens with two attached hydrogens (primary N) is 1. The van der Waals surface area contributed by atoms with Gasteiger partial charge in [0.05, 0.1) is 0 Å². The van der Waals surface area contributed by atoms with Gasteiger partial charge in [-0.15, -0.1) is 0 Å². The Morgan fingerprint density at radius 1 is 1.18 bits per heavy atom. The maximum Gasteiger partial charge on any atom is 0.199 e. The van der Waals surface area contributed by atoms with Crippen LogP contribution in [0.25, 0.3) is 11.1 Å². The van der Waals surface area contributed by atoms with Crippen molar-refractivity contribution in [3.63, 3.8) is 0 Å². The quantitative estimate of drug-likeness (QED) is 0.762. The lowest BCUT2D eigenvalue weighted by Gasteiger charge is -2.03. The molecule has 1 heterocycles. The van der Waals surface area contributed by atoms with Gasteiger partial charge in [-0.1, -0.05) is 27.7 Å². The zero-order chi connectivity index (χ0) is 12.4. The maximum absolute atomic E-state index is 5.85. The number of fused-ring (bicyclic) bond motifs is 1. The van der Waals surface area contributed by atoms with Crippen LogP contribution in [0.1, 0.15) is 39.5 Å². The van der Waals surface area contributed by atoms with Crippen LogP contribution in [0.15, 0.2) is 22.6 Å². The Kier molecular flexibility index (Phi) is 1.77. The number of nitrogen functional groups attached to an aromatic ring is 1. The predicted molar refractivity (Wildman–Crippen MR) is 68.7 cm³/mol. The second-order valence-corrected chi connectivity index (χ2v) is 6.16. The largest absolute Gasteiger partial charge is 0.440 e. The highest BCUT2D eigenvalue weighted by Gasteiger charge is 2.67. The molecule has 0 radical (unpaired) electrons. The summed E-state index contributed by atoms with van der Waals surface area (Å²) in [4.78, 5) is 4.58. The number of nitrogens with zero attached hydrogens (tertiary/aromatic N) is 1. The third kappa shape index (κ3) is 1.25. The van der Waals surface area contributed by atoms with Gasteiger partial charge in [-0.2, -0.15) is 0 Å². The van der Waals surface area contributed by atoms with E-state index in [1.165, 1.54) is 0 Å². The van der Waals surface area contributed by atoms with Crippen molar-refractivity contribution in [1.82, 2.24) is 4.98 Å². The summed E-state index contributed by atoms with van der Waals surface area (Å²) in [7, 11) is 0. The van der Waals surface area contributed by atoms with Crippen molar-refractivity contribution in [2.75, 3.05) is 5.73 Å². The van der Waals surface area contributed by atoms with Gasteiger partial charge in [-0.05, 0) is 29.0 Å². The molecule has 0 aliphatic heterocycles. The summed E-state index contributed by atoms with van der Waals surface area (Å²) in [5.41, 5.74) is 8.66. The number of aromatic nitrogens is 1. The van der Waals surface area contributed by atoms with Crippen molar-refractivity contribution in [2.45, 2.75) is 33.6 Å². The molecule has 3 heteroatoms. The summed E-state index contributed by atoms with van der Waals surface area (Å²) < 4.78 is 5.85. The third-order valence-corrected chi connectivity index (χ3v) is 4.70. The highest BCUT2D eigenvalue weighted by molar-refractivity contribution is 5.76. The lowest BCUT2D eigenvalue weighted by atomic mass is 10.0. The monoisotopic (exact) mass is 230 g/mol. The normalized spacial score (nSPS) is 21.9. The zero-order valence-electron chi connectivity index (χ0n) is 10.7. The van der Waals surface area contributed by atoms with E-state index in [2.05, 4.69) is 32.7 Å². The molecule has 1 aliphatic carbocycles. The molecule has 1 aromatic heterocycles. The molecule has 1 fully saturated rings. The Hall–Kier alpha value is -1.51. The van der Waals surface area contributed by atoms with Crippen molar-refractivity contribution < 1.29 is 4.42 Å². The van der Waals surface area contributed by atoms with Crippen LogP contribution >= 0.6 is 0 Å². The Morgan fingerprint density at radius 2 is 1.82 bits per heavy atom. The molecule has 0 amide bonds. The second-order valence-electron chi connectivity index (χ2n) is 6.16. The van der Waals surface area contributed by atoms with Crippen molar-refractivity contribution in [3.05, 3.63) is 24.1 Å². The molecule has 3 rings (SSSR count). The summed E-state index contributed by atoms with van der Waals surface area (Å²) in [6.45, 7) is 9.06. The lowest BCUT2D eigenvalue weighted by Crippen LogP contribution is -1.95. The van der Waals surface area contributed by atoms with Crippen molar-refractivity contribution >= 4 is 16.8 Å². The molecule has 0 atom stereocenters. The SMILES string of the molecule is CC1(C)C(c2nc3cc(N)ccc3o2)C1(C)C. The predicted octanol–water partition coefficient (Wildman–Crippen LogP) is 3.56. The number of hydrogen-bond acceptors (Lipinski definition) is 3. The highest BCUT2D eigenvalue weighted by atomic mass is 16.3. The van der Waals surface area contributed by atoms with Crippen LogP contribution in [0.3, 0.4) is 0 Å². The van der Waals surface area contributed by atoms with Crippen molar-refractivity contribution in [3.8, 4) is 0 Å². The van der Waals surface area contributed by atoms with Gasteiger partial charge in [0.15, 0.2) is 11.5 Å². The first kappa shape index (κ1) is 10.6. The van der Waals surface area contributed by atoms with Gasteiger partial charge in [0.2, 0.25) is 0 Å². The van der Waals surface area contributed by atoms with E-state index in [0.29, 0.717) is 5.92 Å². The first-order chi connectivity index (χ1) is 7.84. The number of oxazole rings is 1. The molecule has 2 aromatic rings. The molecular formula is C14H18N2O. The fourth-order valence-electron chi connectivity index (χ4n) is 2.90. The van der Waals surface area contributed by atoms with Crippen molar-refractivity contribution in [2.24, 2.45) is 10.8 Å². The van der Waals surface area contributed by atoms with Gasteiger partial charge in [-0.3, -0.25) is 0 Å².